The molecule has 1 heterocycles. The van der Waals surface area contributed by atoms with Crippen molar-refractivity contribution in [2.75, 3.05) is 0 Å². The van der Waals surface area contributed by atoms with E-state index in [0.717, 1.165) is 16.5 Å². The van der Waals surface area contributed by atoms with E-state index in [-0.39, 0.29) is 12.3 Å². The van der Waals surface area contributed by atoms with Gasteiger partial charge in [0.1, 0.15) is 17.9 Å². The molecule has 0 N–H and O–H groups in total. The predicted octanol–water partition coefficient (Wildman–Crippen LogP) is 3.90. The zero-order chi connectivity index (χ0) is 17.3. The standard InChI is InChI=1S/C18H15NO5/c1-11-6-16-13(8-18(20)24-17(16)7-12(11)2)10-23-15-5-3-4-14(9-15)19(21)22/h3-9H,10H2,1-2H3. The normalized spacial score (nSPS) is 10.8. The van der Waals surface area contributed by atoms with Crippen molar-refractivity contribution in [1.82, 2.24) is 0 Å². The zero-order valence-electron chi connectivity index (χ0n) is 13.2. The molecule has 0 aliphatic heterocycles. The first-order chi connectivity index (χ1) is 11.4. The molecule has 0 amide bonds. The maximum Gasteiger partial charge on any atom is 0.336 e. The summed E-state index contributed by atoms with van der Waals surface area (Å²) in [5.74, 6) is 0.370. The number of ether oxygens (including phenoxy) is 1. The van der Waals surface area contributed by atoms with E-state index < -0.39 is 10.5 Å². The Morgan fingerprint density at radius 1 is 1.12 bits per heavy atom. The number of benzene rings is 2. The van der Waals surface area contributed by atoms with Gasteiger partial charge in [0.05, 0.1) is 11.0 Å². The van der Waals surface area contributed by atoms with Crippen LogP contribution in [0, 0.1) is 24.0 Å². The maximum absolute atomic E-state index is 11.7. The van der Waals surface area contributed by atoms with Gasteiger partial charge in [0, 0.05) is 23.1 Å². The SMILES string of the molecule is Cc1cc2oc(=O)cc(COc3cccc([N+](=O)[O-])c3)c2cc1C. The molecule has 122 valence electrons. The lowest BCUT2D eigenvalue weighted by Gasteiger charge is -2.10. The van der Waals surface area contributed by atoms with Crippen molar-refractivity contribution in [1.29, 1.82) is 0 Å². The third-order valence-corrected chi connectivity index (χ3v) is 3.87. The number of nitro groups is 1. The molecule has 0 fully saturated rings. The Hall–Kier alpha value is -3.15. The van der Waals surface area contributed by atoms with Gasteiger partial charge < -0.3 is 9.15 Å². The van der Waals surface area contributed by atoms with E-state index in [4.69, 9.17) is 9.15 Å². The minimum absolute atomic E-state index is 0.0450. The van der Waals surface area contributed by atoms with Gasteiger partial charge in [0.25, 0.3) is 5.69 Å². The summed E-state index contributed by atoms with van der Waals surface area (Å²) in [4.78, 5) is 22.1. The lowest BCUT2D eigenvalue weighted by atomic mass is 10.0. The average molecular weight is 325 g/mol. The molecule has 1 aromatic heterocycles. The second kappa shape index (κ2) is 6.16. The molecule has 0 aliphatic carbocycles. The molecular weight excluding hydrogens is 310 g/mol. The van der Waals surface area contributed by atoms with Crippen LogP contribution in [0.2, 0.25) is 0 Å². The van der Waals surface area contributed by atoms with Crippen molar-refractivity contribution in [3.8, 4) is 5.75 Å². The second-order valence-electron chi connectivity index (χ2n) is 5.57. The molecule has 3 rings (SSSR count). The Morgan fingerprint density at radius 3 is 2.62 bits per heavy atom. The quantitative estimate of drug-likeness (QED) is 0.413. The van der Waals surface area contributed by atoms with E-state index in [1.165, 1.54) is 18.2 Å². The number of non-ortho nitro benzene ring substituents is 1. The van der Waals surface area contributed by atoms with Crippen LogP contribution >= 0.6 is 0 Å². The summed E-state index contributed by atoms with van der Waals surface area (Å²) in [5.41, 5.74) is 2.79. The van der Waals surface area contributed by atoms with Gasteiger partial charge in [0.15, 0.2) is 0 Å². The van der Waals surface area contributed by atoms with Gasteiger partial charge >= 0.3 is 5.63 Å². The predicted molar refractivity (Wildman–Crippen MR) is 89.4 cm³/mol. The molecule has 0 spiro atoms. The van der Waals surface area contributed by atoms with Crippen molar-refractivity contribution < 1.29 is 14.1 Å². The highest BCUT2D eigenvalue weighted by Gasteiger charge is 2.10. The number of nitrogens with zero attached hydrogens (tertiary/aromatic N) is 1. The Kier molecular flexibility index (Phi) is 4.04. The van der Waals surface area contributed by atoms with Crippen LogP contribution < -0.4 is 10.4 Å². The van der Waals surface area contributed by atoms with Crippen molar-refractivity contribution in [2.45, 2.75) is 20.5 Å². The fourth-order valence-electron chi connectivity index (χ4n) is 2.45. The van der Waals surface area contributed by atoms with Crippen LogP contribution in [0.5, 0.6) is 5.75 Å². The van der Waals surface area contributed by atoms with Gasteiger partial charge in [0.2, 0.25) is 0 Å². The van der Waals surface area contributed by atoms with E-state index in [1.54, 1.807) is 12.1 Å². The van der Waals surface area contributed by atoms with E-state index in [2.05, 4.69) is 0 Å². The summed E-state index contributed by atoms with van der Waals surface area (Å²) >= 11 is 0. The fraction of sp³-hybridized carbons (Fsp3) is 0.167. The summed E-state index contributed by atoms with van der Waals surface area (Å²) in [6.07, 6.45) is 0. The summed E-state index contributed by atoms with van der Waals surface area (Å²) in [6.45, 7) is 4.04. The lowest BCUT2D eigenvalue weighted by Crippen LogP contribution is -2.04. The molecule has 0 aliphatic rings. The molecule has 6 nitrogen and oxygen atoms in total. The van der Waals surface area contributed by atoms with Crippen LogP contribution in [-0.4, -0.2) is 4.92 Å². The Morgan fingerprint density at radius 2 is 1.88 bits per heavy atom. The molecule has 0 atom stereocenters. The molecule has 0 unspecified atom stereocenters. The van der Waals surface area contributed by atoms with Crippen LogP contribution in [0.3, 0.4) is 0 Å². The number of hydrogen-bond acceptors (Lipinski definition) is 5. The van der Waals surface area contributed by atoms with E-state index in [9.17, 15) is 14.9 Å². The summed E-state index contributed by atoms with van der Waals surface area (Å²) in [7, 11) is 0. The fourth-order valence-corrected chi connectivity index (χ4v) is 2.45. The highest BCUT2D eigenvalue weighted by molar-refractivity contribution is 5.81. The first-order valence-electron chi connectivity index (χ1n) is 7.35. The van der Waals surface area contributed by atoms with Gasteiger partial charge in [-0.05, 0) is 43.2 Å². The highest BCUT2D eigenvalue weighted by atomic mass is 16.6. The summed E-state index contributed by atoms with van der Waals surface area (Å²) in [5, 5.41) is 11.6. The van der Waals surface area contributed by atoms with E-state index in [0.29, 0.717) is 16.9 Å². The molecule has 0 saturated heterocycles. The van der Waals surface area contributed by atoms with Crippen molar-refractivity contribution >= 4 is 16.7 Å². The first-order valence-corrected chi connectivity index (χ1v) is 7.35. The molecule has 3 aromatic rings. The minimum atomic E-state index is -0.481. The summed E-state index contributed by atoms with van der Waals surface area (Å²) in [6, 6.07) is 11.1. The molecule has 0 bridgehead atoms. The van der Waals surface area contributed by atoms with Crippen LogP contribution in [0.4, 0.5) is 5.69 Å². The Bertz CT molecular complexity index is 990. The van der Waals surface area contributed by atoms with Gasteiger partial charge in [-0.3, -0.25) is 10.1 Å². The lowest BCUT2D eigenvalue weighted by molar-refractivity contribution is -0.384. The third kappa shape index (κ3) is 3.12. The van der Waals surface area contributed by atoms with Crippen molar-refractivity contribution in [3.63, 3.8) is 0 Å². The summed E-state index contributed by atoms with van der Waals surface area (Å²) < 4.78 is 10.9. The molecule has 2 aromatic carbocycles. The molecule has 0 saturated carbocycles. The average Bonchev–Trinajstić information content (AvgIpc) is 2.54. The number of aryl methyl sites for hydroxylation is 2. The topological polar surface area (TPSA) is 82.6 Å². The van der Waals surface area contributed by atoms with Crippen molar-refractivity contribution in [3.05, 3.63) is 79.7 Å². The molecule has 24 heavy (non-hydrogen) atoms. The Balaban J connectivity index is 1.95. The number of fused-ring (bicyclic) bond motifs is 1. The third-order valence-electron chi connectivity index (χ3n) is 3.87. The number of rotatable bonds is 4. The Labute approximate surface area is 137 Å². The minimum Gasteiger partial charge on any atom is -0.489 e. The second-order valence-corrected chi connectivity index (χ2v) is 5.57. The van der Waals surface area contributed by atoms with Crippen molar-refractivity contribution in [2.24, 2.45) is 0 Å². The zero-order valence-corrected chi connectivity index (χ0v) is 13.2. The van der Waals surface area contributed by atoms with Crippen LogP contribution in [0.1, 0.15) is 16.7 Å². The first kappa shape index (κ1) is 15.7. The number of hydrogen-bond donors (Lipinski definition) is 0. The van der Waals surface area contributed by atoms with E-state index >= 15 is 0 Å². The van der Waals surface area contributed by atoms with E-state index in [1.807, 2.05) is 26.0 Å². The van der Waals surface area contributed by atoms with Gasteiger partial charge in [-0.1, -0.05) is 6.07 Å². The highest BCUT2D eigenvalue weighted by Crippen LogP contribution is 2.24. The molecule has 0 radical (unpaired) electrons. The van der Waals surface area contributed by atoms with Gasteiger partial charge in [-0.2, -0.15) is 0 Å². The van der Waals surface area contributed by atoms with Gasteiger partial charge in [-0.15, -0.1) is 0 Å². The molecule has 6 heteroatoms. The largest absolute Gasteiger partial charge is 0.489 e. The van der Waals surface area contributed by atoms with Crippen LogP contribution in [-0.2, 0) is 6.61 Å². The monoisotopic (exact) mass is 325 g/mol. The van der Waals surface area contributed by atoms with Crippen LogP contribution in [0.15, 0.2) is 51.7 Å². The number of nitro benzene ring substituents is 1. The molecular formula is C18H15NO5. The van der Waals surface area contributed by atoms with Crippen LogP contribution in [0.25, 0.3) is 11.0 Å². The maximum atomic E-state index is 11.7. The smallest absolute Gasteiger partial charge is 0.336 e. The van der Waals surface area contributed by atoms with Gasteiger partial charge in [-0.25, -0.2) is 4.79 Å².